The van der Waals surface area contributed by atoms with Gasteiger partial charge in [0.05, 0.1) is 6.04 Å². The minimum absolute atomic E-state index is 0. The van der Waals surface area contributed by atoms with Crippen LogP contribution in [0.15, 0.2) is 24.5 Å². The van der Waals surface area contributed by atoms with Crippen LogP contribution in [0, 0.1) is 11.8 Å². The van der Waals surface area contributed by atoms with E-state index in [0.717, 1.165) is 19.0 Å². The van der Waals surface area contributed by atoms with E-state index in [4.69, 9.17) is 0 Å². The molecule has 3 rings (SSSR count). The second-order valence-corrected chi connectivity index (χ2v) is 6.21. The molecular weight excluding hydrogens is 284 g/mol. The standard InChI is InChI=1S/C16H26N4.ClH/c1-2-5-13(6-3-1)9-18-11-15-12-19-20-16(15)14-7-4-8-17-10-14;/h4,7-8,10,13,15-16,18-20H,1-3,5-6,9,11-12H2;1H. The van der Waals surface area contributed by atoms with Crippen LogP contribution >= 0.6 is 12.4 Å². The lowest BCUT2D eigenvalue weighted by Gasteiger charge is -2.24. The van der Waals surface area contributed by atoms with Gasteiger partial charge in [-0.1, -0.05) is 25.3 Å². The van der Waals surface area contributed by atoms with Gasteiger partial charge in [0.2, 0.25) is 0 Å². The molecule has 2 atom stereocenters. The number of aromatic nitrogens is 1. The lowest BCUT2D eigenvalue weighted by Crippen LogP contribution is -2.32. The number of nitrogens with zero attached hydrogens (tertiary/aromatic N) is 1. The van der Waals surface area contributed by atoms with Gasteiger partial charge in [-0.2, -0.15) is 0 Å². The minimum atomic E-state index is 0. The summed E-state index contributed by atoms with van der Waals surface area (Å²) in [6, 6.07) is 4.55. The predicted octanol–water partition coefficient (Wildman–Crippen LogP) is 2.44. The van der Waals surface area contributed by atoms with Crippen molar-refractivity contribution in [2.24, 2.45) is 11.8 Å². The number of hydrogen-bond acceptors (Lipinski definition) is 4. The smallest absolute Gasteiger partial charge is 0.0530 e. The van der Waals surface area contributed by atoms with Crippen LogP contribution in [0.2, 0.25) is 0 Å². The van der Waals surface area contributed by atoms with E-state index in [1.165, 1.54) is 44.2 Å². The van der Waals surface area contributed by atoms with E-state index in [9.17, 15) is 0 Å². The third-order valence-electron chi connectivity index (χ3n) is 4.70. The normalized spacial score (nSPS) is 26.5. The van der Waals surface area contributed by atoms with Gasteiger partial charge in [-0.15, -0.1) is 12.4 Å². The molecule has 2 aliphatic rings. The van der Waals surface area contributed by atoms with Gasteiger partial charge in [0, 0.05) is 31.4 Å². The molecule has 1 aromatic heterocycles. The molecule has 5 heteroatoms. The molecule has 1 saturated carbocycles. The molecule has 0 radical (unpaired) electrons. The third kappa shape index (κ3) is 4.65. The van der Waals surface area contributed by atoms with E-state index < -0.39 is 0 Å². The Balaban J connectivity index is 0.00000161. The first-order valence-electron chi connectivity index (χ1n) is 8.02. The molecule has 1 saturated heterocycles. The Labute approximate surface area is 133 Å². The van der Waals surface area contributed by atoms with Crippen LogP contribution in [-0.2, 0) is 0 Å². The number of rotatable bonds is 5. The molecule has 1 aliphatic heterocycles. The van der Waals surface area contributed by atoms with Gasteiger partial charge in [-0.25, -0.2) is 5.43 Å². The van der Waals surface area contributed by atoms with E-state index in [-0.39, 0.29) is 12.4 Å². The Morgan fingerprint density at radius 1 is 1.19 bits per heavy atom. The van der Waals surface area contributed by atoms with Crippen molar-refractivity contribution in [2.75, 3.05) is 19.6 Å². The second kappa shape index (κ2) is 8.69. The predicted molar refractivity (Wildman–Crippen MR) is 88.3 cm³/mol. The summed E-state index contributed by atoms with van der Waals surface area (Å²) in [4.78, 5) is 4.23. The van der Waals surface area contributed by atoms with Gasteiger partial charge < -0.3 is 5.32 Å². The first-order chi connectivity index (χ1) is 9.93. The molecule has 0 amide bonds. The Morgan fingerprint density at radius 2 is 2.05 bits per heavy atom. The van der Waals surface area contributed by atoms with Crippen LogP contribution in [-0.4, -0.2) is 24.6 Å². The van der Waals surface area contributed by atoms with Crippen molar-refractivity contribution < 1.29 is 0 Å². The van der Waals surface area contributed by atoms with E-state index in [1.54, 1.807) is 0 Å². The molecule has 21 heavy (non-hydrogen) atoms. The zero-order chi connectivity index (χ0) is 13.6. The molecule has 2 fully saturated rings. The van der Waals surface area contributed by atoms with Crippen molar-refractivity contribution in [3.8, 4) is 0 Å². The number of pyridine rings is 1. The molecule has 4 nitrogen and oxygen atoms in total. The molecule has 1 aromatic rings. The molecular formula is C16H27ClN4. The van der Waals surface area contributed by atoms with Crippen molar-refractivity contribution in [2.45, 2.75) is 38.1 Å². The Morgan fingerprint density at radius 3 is 2.81 bits per heavy atom. The summed E-state index contributed by atoms with van der Waals surface area (Å²) < 4.78 is 0. The van der Waals surface area contributed by atoms with Gasteiger partial charge in [0.25, 0.3) is 0 Å². The van der Waals surface area contributed by atoms with Crippen LogP contribution in [0.4, 0.5) is 0 Å². The van der Waals surface area contributed by atoms with E-state index in [0.29, 0.717) is 12.0 Å². The fraction of sp³-hybridized carbons (Fsp3) is 0.688. The monoisotopic (exact) mass is 310 g/mol. The largest absolute Gasteiger partial charge is 0.316 e. The van der Waals surface area contributed by atoms with Crippen molar-refractivity contribution >= 4 is 12.4 Å². The van der Waals surface area contributed by atoms with Crippen molar-refractivity contribution in [1.29, 1.82) is 0 Å². The maximum atomic E-state index is 4.23. The number of hydrogen-bond donors (Lipinski definition) is 3. The zero-order valence-corrected chi connectivity index (χ0v) is 13.4. The minimum Gasteiger partial charge on any atom is -0.316 e. The molecule has 2 unspecified atom stereocenters. The topological polar surface area (TPSA) is 49.0 Å². The molecule has 0 spiro atoms. The summed E-state index contributed by atoms with van der Waals surface area (Å²) in [5.41, 5.74) is 7.95. The first-order valence-corrected chi connectivity index (χ1v) is 8.02. The van der Waals surface area contributed by atoms with E-state index >= 15 is 0 Å². The lowest BCUT2D eigenvalue weighted by molar-refractivity contribution is 0.329. The third-order valence-corrected chi connectivity index (χ3v) is 4.70. The highest BCUT2D eigenvalue weighted by molar-refractivity contribution is 5.85. The fourth-order valence-electron chi connectivity index (χ4n) is 3.51. The number of nitrogens with one attached hydrogen (secondary N) is 3. The van der Waals surface area contributed by atoms with Crippen molar-refractivity contribution in [3.63, 3.8) is 0 Å². The molecule has 2 heterocycles. The lowest BCUT2D eigenvalue weighted by atomic mass is 9.89. The van der Waals surface area contributed by atoms with E-state index in [1.807, 2.05) is 18.5 Å². The quantitative estimate of drug-likeness (QED) is 0.782. The molecule has 0 bridgehead atoms. The SMILES string of the molecule is Cl.c1cncc(C2NNCC2CNCC2CCCCC2)c1. The highest BCUT2D eigenvalue weighted by Crippen LogP contribution is 2.25. The van der Waals surface area contributed by atoms with Gasteiger partial charge in [-0.05, 0) is 36.9 Å². The summed E-state index contributed by atoms with van der Waals surface area (Å²) in [6.45, 7) is 3.30. The zero-order valence-electron chi connectivity index (χ0n) is 12.6. The summed E-state index contributed by atoms with van der Waals surface area (Å²) in [7, 11) is 0. The Bertz CT molecular complexity index is 395. The highest BCUT2D eigenvalue weighted by atomic mass is 35.5. The average Bonchev–Trinajstić information content (AvgIpc) is 2.98. The average molecular weight is 311 g/mol. The Hall–Kier alpha value is -0.680. The maximum Gasteiger partial charge on any atom is 0.0530 e. The number of hydrazine groups is 1. The second-order valence-electron chi connectivity index (χ2n) is 6.21. The molecule has 3 N–H and O–H groups in total. The van der Waals surface area contributed by atoms with Crippen molar-refractivity contribution in [3.05, 3.63) is 30.1 Å². The Kier molecular flexibility index (Phi) is 6.90. The number of halogens is 1. The summed E-state index contributed by atoms with van der Waals surface area (Å²) in [5, 5.41) is 3.70. The van der Waals surface area contributed by atoms with Crippen LogP contribution in [0.25, 0.3) is 0 Å². The van der Waals surface area contributed by atoms with Crippen LogP contribution < -0.4 is 16.2 Å². The fourth-order valence-corrected chi connectivity index (χ4v) is 3.51. The summed E-state index contributed by atoms with van der Waals surface area (Å²) >= 11 is 0. The van der Waals surface area contributed by atoms with Crippen LogP contribution in [0.3, 0.4) is 0 Å². The molecule has 0 aromatic carbocycles. The van der Waals surface area contributed by atoms with Gasteiger partial charge >= 0.3 is 0 Å². The van der Waals surface area contributed by atoms with Gasteiger partial charge in [-0.3, -0.25) is 10.4 Å². The van der Waals surface area contributed by atoms with Crippen molar-refractivity contribution in [1.82, 2.24) is 21.2 Å². The van der Waals surface area contributed by atoms with Gasteiger partial charge in [0.1, 0.15) is 0 Å². The van der Waals surface area contributed by atoms with Crippen LogP contribution in [0.5, 0.6) is 0 Å². The van der Waals surface area contributed by atoms with Crippen LogP contribution in [0.1, 0.15) is 43.7 Å². The molecule has 118 valence electrons. The van der Waals surface area contributed by atoms with E-state index in [2.05, 4.69) is 27.2 Å². The summed E-state index contributed by atoms with van der Waals surface area (Å²) in [6.07, 6.45) is 10.9. The molecule has 1 aliphatic carbocycles. The highest BCUT2D eigenvalue weighted by Gasteiger charge is 2.28. The first kappa shape index (κ1) is 16.7. The summed E-state index contributed by atoms with van der Waals surface area (Å²) in [5.74, 6) is 1.51. The maximum absolute atomic E-state index is 4.23. The van der Waals surface area contributed by atoms with Gasteiger partial charge in [0.15, 0.2) is 0 Å².